The summed E-state index contributed by atoms with van der Waals surface area (Å²) in [6.45, 7) is 5.80. The summed E-state index contributed by atoms with van der Waals surface area (Å²) in [7, 11) is 0. The number of nitrogens with zero attached hydrogens (tertiary/aromatic N) is 1. The van der Waals surface area contributed by atoms with Crippen LogP contribution in [0.1, 0.15) is 26.7 Å². The van der Waals surface area contributed by atoms with Crippen LogP contribution in [-0.4, -0.2) is 28.7 Å². The predicted octanol–water partition coefficient (Wildman–Crippen LogP) is 2.34. The molecule has 0 aliphatic carbocycles. The lowest BCUT2D eigenvalue weighted by molar-refractivity contribution is -0.130. The third kappa shape index (κ3) is 2.83. The highest BCUT2D eigenvalue weighted by Crippen LogP contribution is 2.14. The minimum absolute atomic E-state index is 0.000642. The molecule has 0 N–H and O–H groups in total. The second-order valence-electron chi connectivity index (χ2n) is 3.46. The third-order valence-corrected chi connectivity index (χ3v) is 3.41. The van der Waals surface area contributed by atoms with Gasteiger partial charge in [0.2, 0.25) is 5.91 Å². The first-order valence-corrected chi connectivity index (χ1v) is 5.65. The van der Waals surface area contributed by atoms with Crippen molar-refractivity contribution in [3.63, 3.8) is 0 Å². The van der Waals surface area contributed by atoms with Gasteiger partial charge in [-0.05, 0) is 19.8 Å². The summed E-state index contributed by atoms with van der Waals surface area (Å²) < 4.78 is 0. The second kappa shape index (κ2) is 4.80. The van der Waals surface area contributed by atoms with Gasteiger partial charge in [-0.15, -0.1) is 0 Å². The molecule has 0 spiro atoms. The van der Waals surface area contributed by atoms with Crippen molar-refractivity contribution >= 4 is 21.8 Å². The monoisotopic (exact) mass is 245 g/mol. The number of halogens is 1. The first-order chi connectivity index (χ1) is 6.15. The van der Waals surface area contributed by atoms with Gasteiger partial charge in [-0.1, -0.05) is 34.5 Å². The van der Waals surface area contributed by atoms with Crippen molar-refractivity contribution in [1.29, 1.82) is 0 Å². The number of carbonyl (C=O) groups is 1. The van der Waals surface area contributed by atoms with E-state index >= 15 is 0 Å². The van der Waals surface area contributed by atoms with Gasteiger partial charge in [0.05, 0.1) is 4.83 Å². The molecule has 0 radical (unpaired) electrons. The van der Waals surface area contributed by atoms with Crippen LogP contribution in [0.15, 0.2) is 11.6 Å². The quantitative estimate of drug-likeness (QED) is 0.541. The van der Waals surface area contributed by atoms with E-state index in [0.717, 1.165) is 25.9 Å². The van der Waals surface area contributed by atoms with Crippen molar-refractivity contribution in [2.75, 3.05) is 13.1 Å². The van der Waals surface area contributed by atoms with Crippen LogP contribution >= 0.6 is 15.9 Å². The molecule has 1 atom stereocenters. The number of hydrogen-bond donors (Lipinski definition) is 0. The lowest BCUT2D eigenvalue weighted by Crippen LogP contribution is -2.39. The largest absolute Gasteiger partial charge is 0.338 e. The van der Waals surface area contributed by atoms with Gasteiger partial charge in [0.25, 0.3) is 0 Å². The van der Waals surface area contributed by atoms with Crippen molar-refractivity contribution in [3.05, 3.63) is 11.6 Å². The molecular formula is C10H16BrNO. The lowest BCUT2D eigenvalue weighted by atomic mass is 10.1. The second-order valence-corrected chi connectivity index (χ2v) is 4.57. The first-order valence-electron chi connectivity index (χ1n) is 4.73. The smallest absolute Gasteiger partial charge is 0.236 e. The molecular weight excluding hydrogens is 230 g/mol. The average Bonchev–Trinajstić information content (AvgIpc) is 2.17. The van der Waals surface area contributed by atoms with E-state index in [1.54, 1.807) is 0 Å². The van der Waals surface area contributed by atoms with Crippen LogP contribution in [0, 0.1) is 0 Å². The Hall–Kier alpha value is -0.310. The van der Waals surface area contributed by atoms with E-state index in [1.807, 2.05) is 11.8 Å². The highest BCUT2D eigenvalue weighted by Gasteiger charge is 2.20. The van der Waals surface area contributed by atoms with Gasteiger partial charge in [-0.25, -0.2) is 0 Å². The van der Waals surface area contributed by atoms with Gasteiger partial charge in [-0.3, -0.25) is 4.79 Å². The summed E-state index contributed by atoms with van der Waals surface area (Å²) in [5.41, 5.74) is 1.40. The fourth-order valence-electron chi connectivity index (χ4n) is 1.34. The molecule has 1 aliphatic heterocycles. The Labute approximate surface area is 88.1 Å². The normalized spacial score (nSPS) is 19.6. The van der Waals surface area contributed by atoms with Crippen LogP contribution in [0.25, 0.3) is 0 Å². The summed E-state index contributed by atoms with van der Waals surface area (Å²) in [4.78, 5) is 13.6. The molecule has 1 unspecified atom stereocenters. The molecule has 2 nitrogen and oxygen atoms in total. The Kier molecular flexibility index (Phi) is 3.97. The summed E-state index contributed by atoms with van der Waals surface area (Å²) in [6.07, 6.45) is 4.02. The standard InChI is InChI=1S/C10H16BrNO/c1-3-9(11)10(13)12-6-4-8(2)5-7-12/h4,9H,3,5-7H2,1-2H3. The zero-order chi connectivity index (χ0) is 9.84. The summed E-state index contributed by atoms with van der Waals surface area (Å²) in [5, 5.41) is 0. The Bertz CT molecular complexity index is 225. The highest BCUT2D eigenvalue weighted by molar-refractivity contribution is 9.10. The van der Waals surface area contributed by atoms with E-state index in [9.17, 15) is 4.79 Å². The molecule has 0 aromatic carbocycles. The zero-order valence-corrected chi connectivity index (χ0v) is 9.80. The number of alkyl halides is 1. The molecule has 0 saturated carbocycles. The molecule has 0 aromatic rings. The molecule has 1 rings (SSSR count). The van der Waals surface area contributed by atoms with Gasteiger partial charge in [0, 0.05) is 13.1 Å². The van der Waals surface area contributed by atoms with Gasteiger partial charge in [-0.2, -0.15) is 0 Å². The van der Waals surface area contributed by atoms with Crippen molar-refractivity contribution < 1.29 is 4.79 Å². The maximum Gasteiger partial charge on any atom is 0.236 e. The van der Waals surface area contributed by atoms with E-state index in [1.165, 1.54) is 5.57 Å². The molecule has 0 fully saturated rings. The Morgan fingerprint density at radius 1 is 1.77 bits per heavy atom. The van der Waals surface area contributed by atoms with Crippen LogP contribution in [0.5, 0.6) is 0 Å². The molecule has 0 saturated heterocycles. The highest BCUT2D eigenvalue weighted by atomic mass is 79.9. The lowest BCUT2D eigenvalue weighted by Gasteiger charge is -2.27. The molecule has 74 valence electrons. The van der Waals surface area contributed by atoms with Crippen molar-refractivity contribution in [2.45, 2.75) is 31.5 Å². The Morgan fingerprint density at radius 3 is 2.92 bits per heavy atom. The fourth-order valence-corrected chi connectivity index (χ4v) is 1.63. The minimum Gasteiger partial charge on any atom is -0.338 e. The number of hydrogen-bond acceptors (Lipinski definition) is 1. The number of rotatable bonds is 2. The third-order valence-electron chi connectivity index (χ3n) is 2.37. The summed E-state index contributed by atoms with van der Waals surface area (Å²) in [6, 6.07) is 0. The molecule has 1 heterocycles. The number of amides is 1. The topological polar surface area (TPSA) is 20.3 Å². The molecule has 1 amide bonds. The van der Waals surface area contributed by atoms with Gasteiger partial charge >= 0.3 is 0 Å². The molecule has 0 bridgehead atoms. The summed E-state index contributed by atoms with van der Waals surface area (Å²) >= 11 is 3.38. The van der Waals surface area contributed by atoms with Gasteiger partial charge in [0.15, 0.2) is 0 Å². The number of carbonyl (C=O) groups excluding carboxylic acids is 1. The Balaban J connectivity index is 2.50. The molecule has 0 aromatic heterocycles. The van der Waals surface area contributed by atoms with Gasteiger partial charge < -0.3 is 4.90 Å². The average molecular weight is 246 g/mol. The SMILES string of the molecule is CCC(Br)C(=O)N1CC=C(C)CC1. The maximum atomic E-state index is 11.7. The molecule has 3 heteroatoms. The minimum atomic E-state index is -0.000642. The van der Waals surface area contributed by atoms with Crippen LogP contribution in [0.2, 0.25) is 0 Å². The van der Waals surface area contributed by atoms with Crippen LogP contribution in [0.3, 0.4) is 0 Å². The van der Waals surface area contributed by atoms with E-state index in [2.05, 4.69) is 28.9 Å². The van der Waals surface area contributed by atoms with E-state index < -0.39 is 0 Å². The van der Waals surface area contributed by atoms with Crippen LogP contribution < -0.4 is 0 Å². The van der Waals surface area contributed by atoms with Gasteiger partial charge in [0.1, 0.15) is 0 Å². The van der Waals surface area contributed by atoms with Crippen molar-refractivity contribution in [1.82, 2.24) is 4.90 Å². The molecule has 1 aliphatic rings. The molecule has 13 heavy (non-hydrogen) atoms. The van der Waals surface area contributed by atoms with Crippen LogP contribution in [-0.2, 0) is 4.79 Å². The zero-order valence-electron chi connectivity index (χ0n) is 8.22. The predicted molar refractivity (Wildman–Crippen MR) is 58.0 cm³/mol. The fraction of sp³-hybridized carbons (Fsp3) is 0.700. The van der Waals surface area contributed by atoms with E-state index in [-0.39, 0.29) is 10.7 Å². The Morgan fingerprint density at radius 2 is 2.46 bits per heavy atom. The van der Waals surface area contributed by atoms with Crippen molar-refractivity contribution in [2.24, 2.45) is 0 Å². The van der Waals surface area contributed by atoms with Crippen LogP contribution in [0.4, 0.5) is 0 Å². The van der Waals surface area contributed by atoms with E-state index in [4.69, 9.17) is 0 Å². The maximum absolute atomic E-state index is 11.7. The van der Waals surface area contributed by atoms with Crippen molar-refractivity contribution in [3.8, 4) is 0 Å². The summed E-state index contributed by atoms with van der Waals surface area (Å²) in [5.74, 6) is 0.228. The van der Waals surface area contributed by atoms with E-state index in [0.29, 0.717) is 0 Å². The first kappa shape index (κ1) is 10.8.